The average molecular weight is 359 g/mol. The molecule has 3 aromatic rings. The number of hydrogen-bond acceptors (Lipinski definition) is 5. The molecule has 0 bridgehead atoms. The molecule has 0 spiro atoms. The fourth-order valence-electron chi connectivity index (χ4n) is 3.18. The van der Waals surface area contributed by atoms with E-state index in [0.717, 1.165) is 28.8 Å². The van der Waals surface area contributed by atoms with E-state index < -0.39 is 0 Å². The molecule has 0 saturated heterocycles. The maximum absolute atomic E-state index is 11.9. The van der Waals surface area contributed by atoms with Crippen molar-refractivity contribution in [1.29, 1.82) is 5.26 Å². The summed E-state index contributed by atoms with van der Waals surface area (Å²) in [6.45, 7) is 0.365. The lowest BCUT2D eigenvalue weighted by Crippen LogP contribution is -2.31. The van der Waals surface area contributed by atoms with E-state index in [0.29, 0.717) is 30.2 Å². The summed E-state index contributed by atoms with van der Waals surface area (Å²) >= 11 is 0. The van der Waals surface area contributed by atoms with Gasteiger partial charge in [-0.3, -0.25) is 4.79 Å². The molecule has 7 nitrogen and oxygen atoms in total. The molecule has 1 aliphatic rings. The van der Waals surface area contributed by atoms with Crippen LogP contribution >= 0.6 is 0 Å². The van der Waals surface area contributed by atoms with Crippen LogP contribution in [0.25, 0.3) is 11.3 Å². The van der Waals surface area contributed by atoms with Gasteiger partial charge in [-0.2, -0.15) is 5.26 Å². The second kappa shape index (κ2) is 6.92. The van der Waals surface area contributed by atoms with Crippen LogP contribution in [0.1, 0.15) is 23.2 Å². The van der Waals surface area contributed by atoms with Crippen molar-refractivity contribution in [3.05, 3.63) is 59.3 Å². The molecule has 1 N–H and O–H groups in total. The highest BCUT2D eigenvalue weighted by atomic mass is 16.5. The monoisotopic (exact) mass is 359 g/mol. The van der Waals surface area contributed by atoms with E-state index in [2.05, 4.69) is 15.4 Å². The third kappa shape index (κ3) is 3.25. The summed E-state index contributed by atoms with van der Waals surface area (Å²) < 4.78 is 5.92. The van der Waals surface area contributed by atoms with Crippen molar-refractivity contribution in [2.45, 2.75) is 19.4 Å². The standard InChI is InChI=1S/C20H17N5O2/c1-25-18-10-16(7-5-14(18)6-8-19(25)26)27-12-13-3-2-4-15(9-13)20-17(11-21)22-24-23-20/h2-5,7,9-10H,6,8,12H2,1H3,(H,22,23,24). The van der Waals surface area contributed by atoms with Gasteiger partial charge >= 0.3 is 0 Å². The Morgan fingerprint density at radius 3 is 3.00 bits per heavy atom. The van der Waals surface area contributed by atoms with Gasteiger partial charge in [-0.25, -0.2) is 5.10 Å². The van der Waals surface area contributed by atoms with Gasteiger partial charge in [0, 0.05) is 25.1 Å². The van der Waals surface area contributed by atoms with Crippen LogP contribution in [0.4, 0.5) is 5.69 Å². The van der Waals surface area contributed by atoms with E-state index in [-0.39, 0.29) is 5.91 Å². The van der Waals surface area contributed by atoms with Gasteiger partial charge in [0.25, 0.3) is 0 Å². The number of carbonyl (C=O) groups is 1. The van der Waals surface area contributed by atoms with E-state index in [9.17, 15) is 4.79 Å². The maximum Gasteiger partial charge on any atom is 0.227 e. The topological polar surface area (TPSA) is 94.9 Å². The van der Waals surface area contributed by atoms with Crippen molar-refractivity contribution in [2.75, 3.05) is 11.9 Å². The van der Waals surface area contributed by atoms with E-state index in [4.69, 9.17) is 10.00 Å². The normalized spacial score (nSPS) is 13.2. The molecule has 0 fully saturated rings. The molecule has 0 atom stereocenters. The van der Waals surface area contributed by atoms with Gasteiger partial charge in [-0.15, -0.1) is 5.10 Å². The Labute approximate surface area is 156 Å². The number of nitriles is 1. The van der Waals surface area contributed by atoms with Crippen molar-refractivity contribution in [2.24, 2.45) is 0 Å². The van der Waals surface area contributed by atoms with Crippen LogP contribution in [0.2, 0.25) is 0 Å². The fourth-order valence-corrected chi connectivity index (χ4v) is 3.18. The lowest BCUT2D eigenvalue weighted by atomic mass is 10.0. The molecule has 0 radical (unpaired) electrons. The number of carbonyl (C=O) groups excluding carboxylic acids is 1. The van der Waals surface area contributed by atoms with Gasteiger partial charge in [0.05, 0.1) is 5.69 Å². The second-order valence-electron chi connectivity index (χ2n) is 6.38. The van der Waals surface area contributed by atoms with E-state index in [1.54, 1.807) is 11.9 Å². The van der Waals surface area contributed by atoms with Crippen molar-refractivity contribution in [1.82, 2.24) is 15.4 Å². The van der Waals surface area contributed by atoms with Crippen LogP contribution in [0.15, 0.2) is 42.5 Å². The van der Waals surface area contributed by atoms with E-state index >= 15 is 0 Å². The Morgan fingerprint density at radius 1 is 1.26 bits per heavy atom. The van der Waals surface area contributed by atoms with Crippen molar-refractivity contribution in [3.8, 4) is 23.1 Å². The summed E-state index contributed by atoms with van der Waals surface area (Å²) in [5.74, 6) is 0.827. The first-order valence-electron chi connectivity index (χ1n) is 8.58. The number of nitrogens with one attached hydrogen (secondary N) is 1. The molecule has 0 aliphatic carbocycles. The lowest BCUT2D eigenvalue weighted by molar-refractivity contribution is -0.118. The highest BCUT2D eigenvalue weighted by Crippen LogP contribution is 2.31. The summed E-state index contributed by atoms with van der Waals surface area (Å²) in [4.78, 5) is 13.6. The zero-order valence-electron chi connectivity index (χ0n) is 14.8. The first-order chi connectivity index (χ1) is 13.2. The molecule has 0 unspecified atom stereocenters. The van der Waals surface area contributed by atoms with Crippen LogP contribution in [-0.4, -0.2) is 28.4 Å². The Hall–Kier alpha value is -3.66. The fraction of sp³-hybridized carbons (Fsp3) is 0.200. The highest BCUT2D eigenvalue weighted by Gasteiger charge is 2.21. The molecule has 1 aromatic heterocycles. The third-order valence-electron chi connectivity index (χ3n) is 4.67. The molecule has 1 amide bonds. The lowest BCUT2D eigenvalue weighted by Gasteiger charge is -2.26. The van der Waals surface area contributed by atoms with E-state index in [1.807, 2.05) is 48.5 Å². The molecule has 27 heavy (non-hydrogen) atoms. The number of hydrogen-bond donors (Lipinski definition) is 1. The minimum absolute atomic E-state index is 0.119. The molecule has 134 valence electrons. The number of benzene rings is 2. The average Bonchev–Trinajstić information content (AvgIpc) is 3.18. The van der Waals surface area contributed by atoms with Gasteiger partial charge in [0.15, 0.2) is 5.69 Å². The smallest absolute Gasteiger partial charge is 0.227 e. The molecule has 2 heterocycles. The highest BCUT2D eigenvalue weighted by molar-refractivity contribution is 5.96. The summed E-state index contributed by atoms with van der Waals surface area (Å²) in [5, 5.41) is 19.4. The quantitative estimate of drug-likeness (QED) is 0.773. The number of nitrogens with zero attached hydrogens (tertiary/aromatic N) is 4. The first kappa shape index (κ1) is 16.8. The minimum Gasteiger partial charge on any atom is -0.489 e. The number of ether oxygens (including phenoxy) is 1. The molecule has 2 aromatic carbocycles. The summed E-state index contributed by atoms with van der Waals surface area (Å²) in [6.07, 6.45) is 1.31. The van der Waals surface area contributed by atoms with Gasteiger partial charge in [-0.1, -0.05) is 29.5 Å². The SMILES string of the molecule is CN1C(=O)CCc2ccc(OCc3cccc(-c4nn[nH]c4C#N)c3)cc21. The summed E-state index contributed by atoms with van der Waals surface area (Å²) in [5.41, 5.74) is 4.66. The van der Waals surface area contributed by atoms with Crippen LogP contribution in [0, 0.1) is 11.3 Å². The Kier molecular flexibility index (Phi) is 4.30. The number of aryl methyl sites for hydroxylation is 1. The Morgan fingerprint density at radius 2 is 2.15 bits per heavy atom. The Bertz CT molecular complexity index is 1050. The minimum atomic E-state index is 0.119. The van der Waals surface area contributed by atoms with Crippen LogP contribution in [0.3, 0.4) is 0 Å². The number of fused-ring (bicyclic) bond motifs is 1. The number of aromatic nitrogens is 3. The molecule has 1 aliphatic heterocycles. The first-order valence-corrected chi connectivity index (χ1v) is 8.58. The largest absolute Gasteiger partial charge is 0.489 e. The molecule has 7 heteroatoms. The third-order valence-corrected chi connectivity index (χ3v) is 4.67. The predicted molar refractivity (Wildman–Crippen MR) is 99.0 cm³/mol. The molecule has 4 rings (SSSR count). The van der Waals surface area contributed by atoms with Gasteiger partial charge in [-0.05, 0) is 29.7 Å². The zero-order chi connectivity index (χ0) is 18.8. The van der Waals surface area contributed by atoms with Gasteiger partial charge in [0.2, 0.25) is 5.91 Å². The van der Waals surface area contributed by atoms with Crippen LogP contribution in [-0.2, 0) is 17.8 Å². The number of rotatable bonds is 4. The summed E-state index contributed by atoms with van der Waals surface area (Å²) in [6, 6.07) is 15.5. The van der Waals surface area contributed by atoms with E-state index in [1.165, 1.54) is 0 Å². The van der Waals surface area contributed by atoms with Crippen molar-refractivity contribution >= 4 is 11.6 Å². The second-order valence-corrected chi connectivity index (χ2v) is 6.38. The maximum atomic E-state index is 11.9. The van der Waals surface area contributed by atoms with Gasteiger partial charge < -0.3 is 9.64 Å². The number of H-pyrrole nitrogens is 1. The predicted octanol–water partition coefficient (Wildman–Crippen LogP) is 2.83. The van der Waals surface area contributed by atoms with Gasteiger partial charge in [0.1, 0.15) is 24.1 Å². The zero-order valence-corrected chi connectivity index (χ0v) is 14.8. The number of amides is 1. The molecule has 0 saturated carbocycles. The Balaban J connectivity index is 1.52. The van der Waals surface area contributed by atoms with Crippen molar-refractivity contribution in [3.63, 3.8) is 0 Å². The number of aromatic amines is 1. The summed E-state index contributed by atoms with van der Waals surface area (Å²) in [7, 11) is 1.79. The van der Waals surface area contributed by atoms with Crippen LogP contribution < -0.4 is 9.64 Å². The van der Waals surface area contributed by atoms with Crippen LogP contribution in [0.5, 0.6) is 5.75 Å². The molecular formula is C20H17N5O2. The number of anilines is 1. The molecular weight excluding hydrogens is 342 g/mol. The van der Waals surface area contributed by atoms with Crippen molar-refractivity contribution < 1.29 is 9.53 Å².